The van der Waals surface area contributed by atoms with E-state index < -0.39 is 0 Å². The Morgan fingerprint density at radius 1 is 1.77 bits per heavy atom. The van der Waals surface area contributed by atoms with Gasteiger partial charge in [-0.2, -0.15) is 0 Å². The standard InChI is InChI=1S/C8H16N4O/c1-2-7(13)6-3-5(4-11-6)12-8(9)10/h5-6,11H,2-4H2,1H3,(H4,9,10,12)/t5-,6-/m0/s1. The van der Waals surface area contributed by atoms with Crippen LogP contribution in [0.15, 0.2) is 0 Å². The van der Waals surface area contributed by atoms with Crippen LogP contribution < -0.4 is 16.4 Å². The van der Waals surface area contributed by atoms with Crippen LogP contribution in [-0.2, 0) is 4.79 Å². The summed E-state index contributed by atoms with van der Waals surface area (Å²) >= 11 is 0. The average molecular weight is 184 g/mol. The maximum Gasteiger partial charge on any atom is 0.185 e. The molecule has 0 saturated carbocycles. The summed E-state index contributed by atoms with van der Waals surface area (Å²) in [6.45, 7) is 2.56. The van der Waals surface area contributed by atoms with E-state index in [1.165, 1.54) is 0 Å². The lowest BCUT2D eigenvalue weighted by Crippen LogP contribution is -2.40. The van der Waals surface area contributed by atoms with E-state index in [1.54, 1.807) is 0 Å². The number of rotatable bonds is 3. The Kier molecular flexibility index (Phi) is 3.25. The number of carbonyl (C=O) groups is 1. The highest BCUT2D eigenvalue weighted by atomic mass is 16.1. The fourth-order valence-corrected chi connectivity index (χ4v) is 1.56. The van der Waals surface area contributed by atoms with Gasteiger partial charge >= 0.3 is 0 Å². The Morgan fingerprint density at radius 2 is 2.46 bits per heavy atom. The van der Waals surface area contributed by atoms with Gasteiger partial charge in [-0.05, 0) is 6.42 Å². The molecule has 0 aromatic carbocycles. The van der Waals surface area contributed by atoms with E-state index in [4.69, 9.17) is 11.1 Å². The molecular formula is C8H16N4O. The number of hydrogen-bond donors (Lipinski definition) is 4. The molecule has 0 aromatic heterocycles. The van der Waals surface area contributed by atoms with Gasteiger partial charge in [-0.1, -0.05) is 6.92 Å². The number of Topliss-reactive ketones (excluding diaryl/α,β-unsaturated/α-hetero) is 1. The van der Waals surface area contributed by atoms with Gasteiger partial charge in [0.25, 0.3) is 0 Å². The fourth-order valence-electron chi connectivity index (χ4n) is 1.56. The summed E-state index contributed by atoms with van der Waals surface area (Å²) in [5, 5.41) is 12.9. The van der Waals surface area contributed by atoms with Crippen LogP contribution in [0, 0.1) is 5.41 Å². The molecule has 1 aliphatic rings. The quantitative estimate of drug-likeness (QED) is 0.341. The second kappa shape index (κ2) is 4.23. The zero-order chi connectivity index (χ0) is 9.84. The van der Waals surface area contributed by atoms with Crippen LogP contribution in [0.4, 0.5) is 0 Å². The van der Waals surface area contributed by atoms with Gasteiger partial charge in [0.05, 0.1) is 6.04 Å². The van der Waals surface area contributed by atoms with Crippen LogP contribution in [0.1, 0.15) is 19.8 Å². The minimum absolute atomic E-state index is 0.0311. The van der Waals surface area contributed by atoms with Gasteiger partial charge in [0.15, 0.2) is 5.96 Å². The first-order chi connectivity index (χ1) is 6.13. The molecule has 1 rings (SSSR count). The largest absolute Gasteiger partial charge is 0.370 e. The normalized spacial score (nSPS) is 27.2. The van der Waals surface area contributed by atoms with Crippen molar-refractivity contribution in [2.75, 3.05) is 6.54 Å². The Morgan fingerprint density at radius 3 is 3.00 bits per heavy atom. The third-order valence-corrected chi connectivity index (χ3v) is 2.23. The van der Waals surface area contributed by atoms with E-state index in [0.717, 1.165) is 6.42 Å². The zero-order valence-corrected chi connectivity index (χ0v) is 7.76. The van der Waals surface area contributed by atoms with Crippen molar-refractivity contribution in [3.05, 3.63) is 0 Å². The first-order valence-corrected chi connectivity index (χ1v) is 4.50. The third-order valence-electron chi connectivity index (χ3n) is 2.23. The van der Waals surface area contributed by atoms with Crippen LogP contribution >= 0.6 is 0 Å². The number of ketones is 1. The number of nitrogens with two attached hydrogens (primary N) is 1. The maximum atomic E-state index is 11.3. The average Bonchev–Trinajstić information content (AvgIpc) is 2.50. The SMILES string of the molecule is CCC(=O)[C@@H]1C[C@H](NC(=N)N)CN1. The fraction of sp³-hybridized carbons (Fsp3) is 0.750. The summed E-state index contributed by atoms with van der Waals surface area (Å²) in [6.07, 6.45) is 1.29. The molecule has 0 amide bonds. The van der Waals surface area contributed by atoms with Crippen molar-refractivity contribution in [2.24, 2.45) is 5.73 Å². The van der Waals surface area contributed by atoms with E-state index >= 15 is 0 Å². The van der Waals surface area contributed by atoms with Crippen molar-refractivity contribution >= 4 is 11.7 Å². The lowest BCUT2D eigenvalue weighted by Gasteiger charge is -2.10. The molecule has 0 unspecified atom stereocenters. The van der Waals surface area contributed by atoms with Gasteiger partial charge in [-0.3, -0.25) is 10.2 Å². The molecule has 0 aromatic rings. The predicted molar refractivity (Wildman–Crippen MR) is 50.5 cm³/mol. The second-order valence-corrected chi connectivity index (χ2v) is 3.27. The summed E-state index contributed by atoms with van der Waals surface area (Å²) in [4.78, 5) is 11.3. The van der Waals surface area contributed by atoms with Crippen molar-refractivity contribution in [2.45, 2.75) is 31.8 Å². The lowest BCUT2D eigenvalue weighted by molar-refractivity contribution is -0.120. The molecule has 5 heteroatoms. The molecule has 1 aliphatic heterocycles. The molecule has 0 spiro atoms. The van der Waals surface area contributed by atoms with Crippen LogP contribution in [0.2, 0.25) is 0 Å². The molecule has 13 heavy (non-hydrogen) atoms. The Labute approximate surface area is 77.6 Å². The molecule has 1 fully saturated rings. The predicted octanol–water partition coefficient (Wildman–Crippen LogP) is -0.821. The summed E-state index contributed by atoms with van der Waals surface area (Å²) in [5.41, 5.74) is 5.19. The molecule has 0 aliphatic carbocycles. The van der Waals surface area contributed by atoms with Gasteiger partial charge in [-0.15, -0.1) is 0 Å². The van der Waals surface area contributed by atoms with Gasteiger partial charge in [0.2, 0.25) is 0 Å². The molecule has 1 saturated heterocycles. The molecular weight excluding hydrogens is 168 g/mol. The Balaban J connectivity index is 2.36. The molecule has 2 atom stereocenters. The van der Waals surface area contributed by atoms with Crippen molar-refractivity contribution in [1.29, 1.82) is 5.41 Å². The summed E-state index contributed by atoms with van der Waals surface area (Å²) in [6, 6.07) is 0.0693. The van der Waals surface area contributed by atoms with Crippen LogP contribution in [-0.4, -0.2) is 30.4 Å². The molecule has 5 nitrogen and oxygen atoms in total. The maximum absolute atomic E-state index is 11.3. The minimum Gasteiger partial charge on any atom is -0.370 e. The summed E-state index contributed by atoms with van der Waals surface area (Å²) in [7, 11) is 0. The van der Waals surface area contributed by atoms with Crippen molar-refractivity contribution in [3.8, 4) is 0 Å². The number of carbonyl (C=O) groups excluding carboxylic acids is 1. The van der Waals surface area contributed by atoms with Crippen molar-refractivity contribution < 1.29 is 4.79 Å². The van der Waals surface area contributed by atoms with E-state index in [-0.39, 0.29) is 23.8 Å². The van der Waals surface area contributed by atoms with Gasteiger partial charge in [-0.25, -0.2) is 0 Å². The highest BCUT2D eigenvalue weighted by Crippen LogP contribution is 2.08. The topological polar surface area (TPSA) is 91.0 Å². The van der Waals surface area contributed by atoms with E-state index in [1.807, 2.05) is 6.92 Å². The summed E-state index contributed by atoms with van der Waals surface area (Å²) < 4.78 is 0. The number of guanidine groups is 1. The number of nitrogens with one attached hydrogen (secondary N) is 3. The highest BCUT2D eigenvalue weighted by Gasteiger charge is 2.27. The smallest absolute Gasteiger partial charge is 0.185 e. The second-order valence-electron chi connectivity index (χ2n) is 3.27. The first kappa shape index (κ1) is 9.98. The molecule has 74 valence electrons. The highest BCUT2D eigenvalue weighted by molar-refractivity contribution is 5.84. The molecule has 0 radical (unpaired) electrons. The van der Waals surface area contributed by atoms with Crippen molar-refractivity contribution in [1.82, 2.24) is 10.6 Å². The zero-order valence-electron chi connectivity index (χ0n) is 7.76. The minimum atomic E-state index is -0.0538. The van der Waals surface area contributed by atoms with Crippen LogP contribution in [0.5, 0.6) is 0 Å². The Bertz CT molecular complexity index is 216. The monoisotopic (exact) mass is 184 g/mol. The molecule has 0 bridgehead atoms. The van der Waals surface area contributed by atoms with Crippen LogP contribution in [0.3, 0.4) is 0 Å². The third kappa shape index (κ3) is 2.69. The van der Waals surface area contributed by atoms with Crippen molar-refractivity contribution in [3.63, 3.8) is 0 Å². The molecule has 1 heterocycles. The lowest BCUT2D eigenvalue weighted by atomic mass is 10.1. The Hall–Kier alpha value is -1.10. The molecule has 5 N–H and O–H groups in total. The number of hydrogen-bond acceptors (Lipinski definition) is 3. The van der Waals surface area contributed by atoms with Gasteiger partial charge in [0.1, 0.15) is 5.78 Å². The van der Waals surface area contributed by atoms with Gasteiger partial charge in [0, 0.05) is 19.0 Å². The van der Waals surface area contributed by atoms with Gasteiger partial charge < -0.3 is 16.4 Å². The van der Waals surface area contributed by atoms with E-state index in [2.05, 4.69) is 10.6 Å². The van der Waals surface area contributed by atoms with E-state index in [9.17, 15) is 4.79 Å². The van der Waals surface area contributed by atoms with Crippen LogP contribution in [0.25, 0.3) is 0 Å². The summed E-state index contributed by atoms with van der Waals surface area (Å²) in [5.74, 6) is 0.198. The van der Waals surface area contributed by atoms with E-state index in [0.29, 0.717) is 13.0 Å². The first-order valence-electron chi connectivity index (χ1n) is 4.50.